The molecule has 1 aromatic heterocycles. The van der Waals surface area contributed by atoms with Gasteiger partial charge in [0.05, 0.1) is 6.10 Å². The van der Waals surface area contributed by atoms with E-state index in [9.17, 15) is 0 Å². The van der Waals surface area contributed by atoms with Gasteiger partial charge < -0.3 is 10.1 Å². The van der Waals surface area contributed by atoms with Crippen molar-refractivity contribution in [3.05, 3.63) is 21.9 Å². The fourth-order valence-corrected chi connectivity index (χ4v) is 3.16. The zero-order valence-electron chi connectivity index (χ0n) is 10.3. The molecule has 3 heteroatoms. The quantitative estimate of drug-likeness (QED) is 0.874. The van der Waals surface area contributed by atoms with Crippen LogP contribution in [0.4, 0.5) is 0 Å². The third-order valence-corrected chi connectivity index (χ3v) is 4.34. The second-order valence-electron chi connectivity index (χ2n) is 4.74. The first-order chi connectivity index (χ1) is 7.65. The monoisotopic (exact) mass is 239 g/mol. The number of aryl methyl sites for hydroxylation is 1. The fourth-order valence-electron chi connectivity index (χ4n) is 2.27. The van der Waals surface area contributed by atoms with Gasteiger partial charge in [0.25, 0.3) is 0 Å². The molecule has 3 atom stereocenters. The van der Waals surface area contributed by atoms with Crippen LogP contribution in [0.15, 0.2) is 12.1 Å². The van der Waals surface area contributed by atoms with Crippen molar-refractivity contribution in [1.82, 2.24) is 5.32 Å². The third kappa shape index (κ3) is 3.06. The van der Waals surface area contributed by atoms with Gasteiger partial charge in [-0.1, -0.05) is 0 Å². The molecule has 2 heterocycles. The van der Waals surface area contributed by atoms with Gasteiger partial charge in [-0.05, 0) is 45.7 Å². The Labute approximate surface area is 102 Å². The third-order valence-electron chi connectivity index (χ3n) is 3.16. The van der Waals surface area contributed by atoms with Crippen molar-refractivity contribution >= 4 is 11.3 Å². The Morgan fingerprint density at radius 2 is 2.31 bits per heavy atom. The van der Waals surface area contributed by atoms with Crippen molar-refractivity contribution in [2.45, 2.75) is 51.8 Å². The molecule has 2 rings (SSSR count). The lowest BCUT2D eigenvalue weighted by Gasteiger charge is -2.30. The largest absolute Gasteiger partial charge is 0.378 e. The van der Waals surface area contributed by atoms with Gasteiger partial charge in [-0.25, -0.2) is 0 Å². The average Bonchev–Trinajstić information content (AvgIpc) is 2.65. The first kappa shape index (κ1) is 12.1. The summed E-state index contributed by atoms with van der Waals surface area (Å²) in [7, 11) is 0. The predicted molar refractivity (Wildman–Crippen MR) is 69.0 cm³/mol. The Morgan fingerprint density at radius 1 is 1.50 bits per heavy atom. The highest BCUT2D eigenvalue weighted by Crippen LogP contribution is 2.24. The Morgan fingerprint density at radius 3 is 2.94 bits per heavy atom. The van der Waals surface area contributed by atoms with Crippen LogP contribution in [0.3, 0.4) is 0 Å². The summed E-state index contributed by atoms with van der Waals surface area (Å²) < 4.78 is 5.56. The Hall–Kier alpha value is -0.380. The van der Waals surface area contributed by atoms with Crippen LogP contribution in [0.2, 0.25) is 0 Å². The summed E-state index contributed by atoms with van der Waals surface area (Å²) in [6.45, 7) is 7.48. The SMILES string of the molecule is Cc1ccc(C(C)NC2CCOC(C)C2)s1. The Kier molecular flexibility index (Phi) is 4.00. The number of hydrogen-bond acceptors (Lipinski definition) is 3. The molecule has 1 saturated heterocycles. The summed E-state index contributed by atoms with van der Waals surface area (Å²) in [5.41, 5.74) is 0. The van der Waals surface area contributed by atoms with Gasteiger partial charge in [-0.3, -0.25) is 0 Å². The number of nitrogens with one attached hydrogen (secondary N) is 1. The second-order valence-corrected chi connectivity index (χ2v) is 6.06. The standard InChI is InChI=1S/C13H21NOS/c1-9-8-12(6-7-15-9)14-11(3)13-5-4-10(2)16-13/h4-5,9,11-12,14H,6-8H2,1-3H3. The van der Waals surface area contributed by atoms with E-state index in [-0.39, 0.29) is 0 Å². The van der Waals surface area contributed by atoms with Crippen LogP contribution in [-0.2, 0) is 4.74 Å². The van der Waals surface area contributed by atoms with Gasteiger partial charge in [-0.15, -0.1) is 11.3 Å². The smallest absolute Gasteiger partial charge is 0.0561 e. The van der Waals surface area contributed by atoms with E-state index in [1.54, 1.807) is 0 Å². The van der Waals surface area contributed by atoms with E-state index in [1.807, 2.05) is 11.3 Å². The molecule has 0 spiro atoms. The zero-order valence-corrected chi connectivity index (χ0v) is 11.1. The van der Waals surface area contributed by atoms with Gasteiger partial charge in [0.2, 0.25) is 0 Å². The lowest BCUT2D eigenvalue weighted by Crippen LogP contribution is -2.39. The Balaban J connectivity index is 1.89. The van der Waals surface area contributed by atoms with Crippen LogP contribution in [-0.4, -0.2) is 18.8 Å². The van der Waals surface area contributed by atoms with Crippen molar-refractivity contribution in [3.63, 3.8) is 0 Å². The first-order valence-corrected chi connectivity index (χ1v) is 6.91. The van der Waals surface area contributed by atoms with Crippen LogP contribution >= 0.6 is 11.3 Å². The molecule has 1 aliphatic rings. The van der Waals surface area contributed by atoms with Crippen LogP contribution in [0, 0.1) is 6.92 Å². The molecule has 0 aromatic carbocycles. The molecule has 0 saturated carbocycles. The summed E-state index contributed by atoms with van der Waals surface area (Å²) in [4.78, 5) is 2.83. The maximum absolute atomic E-state index is 5.56. The fraction of sp³-hybridized carbons (Fsp3) is 0.692. The van der Waals surface area contributed by atoms with Crippen molar-refractivity contribution < 1.29 is 4.74 Å². The van der Waals surface area contributed by atoms with Crippen molar-refractivity contribution in [2.24, 2.45) is 0 Å². The molecule has 3 unspecified atom stereocenters. The van der Waals surface area contributed by atoms with Crippen LogP contribution < -0.4 is 5.32 Å². The van der Waals surface area contributed by atoms with Crippen LogP contribution in [0.5, 0.6) is 0 Å². The lowest BCUT2D eigenvalue weighted by molar-refractivity contribution is 0.0116. The molecule has 0 bridgehead atoms. The molecule has 0 amide bonds. The van der Waals surface area contributed by atoms with Gasteiger partial charge in [-0.2, -0.15) is 0 Å². The predicted octanol–water partition coefficient (Wildman–Crippen LogP) is 3.27. The average molecular weight is 239 g/mol. The van der Waals surface area contributed by atoms with Gasteiger partial charge in [0, 0.05) is 28.4 Å². The lowest BCUT2D eigenvalue weighted by atomic mass is 10.0. The molecule has 1 aromatic rings. The number of thiophene rings is 1. The number of ether oxygens (including phenoxy) is 1. The van der Waals surface area contributed by atoms with E-state index < -0.39 is 0 Å². The van der Waals surface area contributed by atoms with Gasteiger partial charge in [0.15, 0.2) is 0 Å². The molecule has 0 radical (unpaired) electrons. The van der Waals surface area contributed by atoms with Gasteiger partial charge >= 0.3 is 0 Å². The van der Waals surface area contributed by atoms with Crippen molar-refractivity contribution in [1.29, 1.82) is 0 Å². The highest BCUT2D eigenvalue weighted by molar-refractivity contribution is 7.12. The Bertz CT molecular complexity index is 336. The summed E-state index contributed by atoms with van der Waals surface area (Å²) >= 11 is 1.89. The molecular formula is C13H21NOS. The van der Waals surface area contributed by atoms with E-state index in [4.69, 9.17) is 4.74 Å². The summed E-state index contributed by atoms with van der Waals surface area (Å²) in [5, 5.41) is 3.71. The highest BCUT2D eigenvalue weighted by atomic mass is 32.1. The molecule has 1 fully saturated rings. The van der Waals surface area contributed by atoms with E-state index >= 15 is 0 Å². The summed E-state index contributed by atoms with van der Waals surface area (Å²) in [6.07, 6.45) is 2.68. The minimum absolute atomic E-state index is 0.406. The minimum Gasteiger partial charge on any atom is -0.378 e. The van der Waals surface area contributed by atoms with Crippen molar-refractivity contribution in [2.75, 3.05) is 6.61 Å². The summed E-state index contributed by atoms with van der Waals surface area (Å²) in [5.74, 6) is 0. The number of rotatable bonds is 3. The topological polar surface area (TPSA) is 21.3 Å². The first-order valence-electron chi connectivity index (χ1n) is 6.09. The normalized spacial score (nSPS) is 27.9. The second kappa shape index (κ2) is 5.30. The minimum atomic E-state index is 0.406. The maximum Gasteiger partial charge on any atom is 0.0561 e. The molecule has 0 aliphatic carbocycles. The molecular weight excluding hydrogens is 218 g/mol. The van der Waals surface area contributed by atoms with E-state index in [1.165, 1.54) is 9.75 Å². The van der Waals surface area contributed by atoms with Crippen LogP contribution in [0.25, 0.3) is 0 Å². The van der Waals surface area contributed by atoms with E-state index in [2.05, 4.69) is 38.2 Å². The molecule has 2 nitrogen and oxygen atoms in total. The van der Waals surface area contributed by atoms with E-state index in [0.717, 1.165) is 19.4 Å². The highest BCUT2D eigenvalue weighted by Gasteiger charge is 2.21. The molecule has 1 N–H and O–H groups in total. The summed E-state index contributed by atoms with van der Waals surface area (Å²) in [6, 6.07) is 5.51. The molecule has 1 aliphatic heterocycles. The van der Waals surface area contributed by atoms with Crippen LogP contribution in [0.1, 0.15) is 42.5 Å². The van der Waals surface area contributed by atoms with Crippen molar-refractivity contribution in [3.8, 4) is 0 Å². The zero-order chi connectivity index (χ0) is 11.5. The number of hydrogen-bond donors (Lipinski definition) is 1. The molecule has 16 heavy (non-hydrogen) atoms. The van der Waals surface area contributed by atoms with Gasteiger partial charge in [0.1, 0.15) is 0 Å². The maximum atomic E-state index is 5.56. The van der Waals surface area contributed by atoms with E-state index in [0.29, 0.717) is 18.2 Å². The molecule has 90 valence electrons.